The van der Waals surface area contributed by atoms with Gasteiger partial charge >= 0.3 is 6.61 Å². The first-order valence-electron chi connectivity index (χ1n) is 9.36. The van der Waals surface area contributed by atoms with E-state index < -0.39 is 6.61 Å². The van der Waals surface area contributed by atoms with Crippen LogP contribution >= 0.6 is 11.6 Å². The van der Waals surface area contributed by atoms with Crippen molar-refractivity contribution in [1.82, 2.24) is 9.80 Å². The van der Waals surface area contributed by atoms with Crippen molar-refractivity contribution in [1.29, 1.82) is 0 Å². The second-order valence-electron chi connectivity index (χ2n) is 6.97. The molecule has 0 atom stereocenters. The molecule has 0 spiro atoms. The van der Waals surface area contributed by atoms with Crippen LogP contribution in [0.25, 0.3) is 0 Å². The highest BCUT2D eigenvalue weighted by atomic mass is 35.5. The minimum atomic E-state index is -2.98. The fourth-order valence-electron chi connectivity index (χ4n) is 3.30. The number of piperazine rings is 1. The van der Waals surface area contributed by atoms with Gasteiger partial charge in [-0.25, -0.2) is 0 Å². The number of furan rings is 1. The molecule has 7 nitrogen and oxygen atoms in total. The summed E-state index contributed by atoms with van der Waals surface area (Å²) in [5.41, 5.74) is 0.945. The first kappa shape index (κ1) is 22.0. The van der Waals surface area contributed by atoms with Gasteiger partial charge in [-0.1, -0.05) is 11.6 Å². The largest absolute Gasteiger partial charge is 0.466 e. The highest BCUT2D eigenvalue weighted by Crippen LogP contribution is 2.29. The van der Waals surface area contributed by atoms with Crippen molar-refractivity contribution in [3.63, 3.8) is 0 Å². The molecule has 3 rings (SSSR count). The number of aryl methyl sites for hydroxylation is 2. The summed E-state index contributed by atoms with van der Waals surface area (Å²) in [6.45, 7) is 2.83. The van der Waals surface area contributed by atoms with E-state index in [1.165, 1.54) is 18.2 Å². The van der Waals surface area contributed by atoms with Crippen molar-refractivity contribution in [2.45, 2.75) is 20.5 Å². The molecule has 1 aliphatic rings. The number of alkyl halides is 2. The Morgan fingerprint density at radius 3 is 2.47 bits per heavy atom. The molecule has 0 radical (unpaired) electrons. The normalized spacial score (nSPS) is 14.8. The number of anilines is 1. The Kier molecular flexibility index (Phi) is 6.94. The van der Waals surface area contributed by atoms with Gasteiger partial charge in [-0.3, -0.25) is 14.5 Å². The van der Waals surface area contributed by atoms with Gasteiger partial charge in [0.15, 0.2) is 0 Å². The third-order valence-corrected chi connectivity index (χ3v) is 5.03. The van der Waals surface area contributed by atoms with Gasteiger partial charge in [-0.05, 0) is 38.1 Å². The Morgan fingerprint density at radius 1 is 1.20 bits per heavy atom. The van der Waals surface area contributed by atoms with Gasteiger partial charge in [0.05, 0.1) is 17.1 Å². The maximum atomic E-state index is 12.6. The quantitative estimate of drug-likeness (QED) is 0.742. The summed E-state index contributed by atoms with van der Waals surface area (Å²) in [5.74, 6) is 0.792. The Labute approximate surface area is 177 Å². The zero-order valence-electron chi connectivity index (χ0n) is 16.6. The zero-order chi connectivity index (χ0) is 21.8. The van der Waals surface area contributed by atoms with E-state index in [1.807, 2.05) is 4.90 Å². The van der Waals surface area contributed by atoms with Crippen LogP contribution in [0.5, 0.6) is 5.75 Å². The summed E-state index contributed by atoms with van der Waals surface area (Å²) in [6, 6.07) is 5.80. The fourth-order valence-corrected chi connectivity index (χ4v) is 3.52. The van der Waals surface area contributed by atoms with E-state index in [-0.39, 0.29) is 29.1 Å². The highest BCUT2D eigenvalue weighted by molar-refractivity contribution is 6.32. The number of halogens is 3. The van der Waals surface area contributed by atoms with E-state index >= 15 is 0 Å². The summed E-state index contributed by atoms with van der Waals surface area (Å²) in [5, 5.41) is 2.66. The molecule has 2 aromatic rings. The van der Waals surface area contributed by atoms with Gasteiger partial charge < -0.3 is 19.4 Å². The Hall–Kier alpha value is -2.65. The van der Waals surface area contributed by atoms with Crippen LogP contribution in [0, 0.1) is 13.8 Å². The smallest absolute Gasteiger partial charge is 0.387 e. The molecule has 0 aliphatic carbocycles. The zero-order valence-corrected chi connectivity index (χ0v) is 17.3. The SMILES string of the molecule is Cc1cc(C(=O)N2CCN(CC(=O)Nc3ccc(OC(F)F)c(Cl)c3)CC2)c(C)o1. The molecule has 0 saturated carbocycles. The number of carbonyl (C=O) groups excluding carboxylic acids is 2. The van der Waals surface area contributed by atoms with E-state index in [4.69, 9.17) is 16.0 Å². The number of ether oxygens (including phenoxy) is 1. The molecule has 2 amide bonds. The van der Waals surface area contributed by atoms with Gasteiger partial charge in [-0.15, -0.1) is 0 Å². The molecule has 1 aromatic heterocycles. The Bertz CT molecular complexity index is 927. The topological polar surface area (TPSA) is 75.0 Å². The van der Waals surface area contributed by atoms with Gasteiger partial charge in [-0.2, -0.15) is 8.78 Å². The summed E-state index contributed by atoms with van der Waals surface area (Å²) in [4.78, 5) is 28.6. The van der Waals surface area contributed by atoms with Crippen LogP contribution in [0.3, 0.4) is 0 Å². The number of amides is 2. The molecule has 1 N–H and O–H groups in total. The van der Waals surface area contributed by atoms with Gasteiger partial charge in [0.25, 0.3) is 5.91 Å². The molecule has 1 saturated heterocycles. The maximum Gasteiger partial charge on any atom is 0.387 e. The van der Waals surface area contributed by atoms with Crippen LogP contribution in [0.15, 0.2) is 28.7 Å². The lowest BCUT2D eigenvalue weighted by Gasteiger charge is -2.34. The third-order valence-electron chi connectivity index (χ3n) is 4.73. The van der Waals surface area contributed by atoms with Crippen LogP contribution in [-0.4, -0.2) is 60.9 Å². The van der Waals surface area contributed by atoms with E-state index in [0.29, 0.717) is 49.0 Å². The van der Waals surface area contributed by atoms with Crippen molar-refractivity contribution in [3.8, 4) is 5.75 Å². The predicted octanol–water partition coefficient (Wildman–Crippen LogP) is 3.55. The standard InChI is InChI=1S/C20H22ClF2N3O4/c1-12-9-15(13(2)29-12)19(28)26-7-5-25(6-8-26)11-18(27)24-14-3-4-17(16(21)10-14)30-20(22)23/h3-4,9-10,20H,5-8,11H2,1-2H3,(H,24,27). The molecule has 0 bridgehead atoms. The van der Waals surface area contributed by atoms with E-state index in [0.717, 1.165) is 0 Å². The number of benzene rings is 1. The fraction of sp³-hybridized carbons (Fsp3) is 0.400. The summed E-state index contributed by atoms with van der Waals surface area (Å²) in [6.07, 6.45) is 0. The molecule has 30 heavy (non-hydrogen) atoms. The van der Waals surface area contributed by atoms with E-state index in [9.17, 15) is 18.4 Å². The molecule has 2 heterocycles. The van der Waals surface area contributed by atoms with Gasteiger partial charge in [0.1, 0.15) is 17.3 Å². The van der Waals surface area contributed by atoms with Crippen LogP contribution in [0.2, 0.25) is 5.02 Å². The monoisotopic (exact) mass is 441 g/mol. The van der Waals surface area contributed by atoms with Crippen LogP contribution in [0.1, 0.15) is 21.9 Å². The second kappa shape index (κ2) is 9.44. The lowest BCUT2D eigenvalue weighted by atomic mass is 10.2. The molecule has 162 valence electrons. The molecule has 10 heteroatoms. The summed E-state index contributed by atoms with van der Waals surface area (Å²) < 4.78 is 34.3. The van der Waals surface area contributed by atoms with Crippen molar-refractivity contribution in [2.24, 2.45) is 0 Å². The van der Waals surface area contributed by atoms with Gasteiger partial charge in [0.2, 0.25) is 5.91 Å². The minimum Gasteiger partial charge on any atom is -0.466 e. The third kappa shape index (κ3) is 5.48. The Balaban J connectivity index is 1.49. The molecule has 1 aliphatic heterocycles. The molecular formula is C20H22ClF2N3O4. The molecule has 0 unspecified atom stereocenters. The van der Waals surface area contributed by atoms with Crippen molar-refractivity contribution in [2.75, 3.05) is 38.0 Å². The number of nitrogens with zero attached hydrogens (tertiary/aromatic N) is 2. The maximum absolute atomic E-state index is 12.6. The highest BCUT2D eigenvalue weighted by Gasteiger charge is 2.25. The number of hydrogen-bond acceptors (Lipinski definition) is 5. The van der Waals surface area contributed by atoms with Crippen molar-refractivity contribution >= 4 is 29.1 Å². The average Bonchev–Trinajstić information content (AvgIpc) is 3.02. The van der Waals surface area contributed by atoms with Crippen LogP contribution in [-0.2, 0) is 4.79 Å². The number of nitrogens with one attached hydrogen (secondary N) is 1. The van der Waals surface area contributed by atoms with Crippen molar-refractivity contribution in [3.05, 3.63) is 46.4 Å². The Morgan fingerprint density at radius 2 is 1.90 bits per heavy atom. The molecule has 1 fully saturated rings. The first-order chi connectivity index (χ1) is 14.2. The van der Waals surface area contributed by atoms with E-state index in [2.05, 4.69) is 10.1 Å². The lowest BCUT2D eigenvalue weighted by Crippen LogP contribution is -2.50. The number of carbonyl (C=O) groups is 2. The van der Waals surface area contributed by atoms with Gasteiger partial charge in [0, 0.05) is 31.9 Å². The van der Waals surface area contributed by atoms with Crippen LogP contribution < -0.4 is 10.1 Å². The first-order valence-corrected chi connectivity index (χ1v) is 9.73. The summed E-state index contributed by atoms with van der Waals surface area (Å²) in [7, 11) is 0. The molecule has 1 aromatic carbocycles. The van der Waals surface area contributed by atoms with Crippen LogP contribution in [0.4, 0.5) is 14.5 Å². The molecular weight excluding hydrogens is 420 g/mol. The number of hydrogen-bond donors (Lipinski definition) is 1. The summed E-state index contributed by atoms with van der Waals surface area (Å²) >= 11 is 5.89. The second-order valence-corrected chi connectivity index (χ2v) is 7.37. The minimum absolute atomic E-state index is 0.0231. The predicted molar refractivity (Wildman–Crippen MR) is 107 cm³/mol. The lowest BCUT2D eigenvalue weighted by molar-refractivity contribution is -0.117. The average molecular weight is 442 g/mol. The number of rotatable bonds is 6. The van der Waals surface area contributed by atoms with E-state index in [1.54, 1.807) is 24.8 Å². The van der Waals surface area contributed by atoms with Crippen molar-refractivity contribution < 1.29 is 27.5 Å².